The number of amides is 1. The van der Waals surface area contributed by atoms with Crippen molar-refractivity contribution in [3.63, 3.8) is 0 Å². The molecule has 4 rings (SSSR count). The maximum atomic E-state index is 13.0. The molecule has 0 aliphatic carbocycles. The van der Waals surface area contributed by atoms with Crippen molar-refractivity contribution < 1.29 is 19.2 Å². The Labute approximate surface area is 156 Å². The normalized spacial score (nSPS) is 28.7. The van der Waals surface area contributed by atoms with E-state index >= 15 is 0 Å². The lowest BCUT2D eigenvalue weighted by Gasteiger charge is -2.30. The summed E-state index contributed by atoms with van der Waals surface area (Å²) in [4.78, 5) is 16.5. The minimum Gasteiger partial charge on any atom is -0.490 e. The molecule has 2 saturated heterocycles. The lowest BCUT2D eigenvalue weighted by Crippen LogP contribution is -3.14. The van der Waals surface area contributed by atoms with Crippen LogP contribution in [0.1, 0.15) is 50.6 Å². The highest BCUT2D eigenvalue weighted by Crippen LogP contribution is 2.37. The first-order valence-corrected chi connectivity index (χ1v) is 10.2. The molecule has 1 aromatic carbocycles. The molecule has 5 heteroatoms. The van der Waals surface area contributed by atoms with E-state index in [1.54, 1.807) is 0 Å². The highest BCUT2D eigenvalue weighted by atomic mass is 16.5. The number of rotatable bonds is 3. The number of nitrogens with zero attached hydrogens (tertiary/aromatic N) is 1. The third-order valence-electron chi connectivity index (χ3n) is 6.11. The largest absolute Gasteiger partial charge is 0.490 e. The third kappa shape index (κ3) is 3.83. The molecule has 0 spiro atoms. The number of hydrogen-bond acceptors (Lipinski definition) is 3. The molecule has 0 bridgehead atoms. The molecule has 3 heterocycles. The van der Waals surface area contributed by atoms with Gasteiger partial charge in [-0.3, -0.25) is 4.79 Å². The van der Waals surface area contributed by atoms with Gasteiger partial charge in [0.1, 0.15) is 0 Å². The summed E-state index contributed by atoms with van der Waals surface area (Å²) in [5.41, 5.74) is 1.18. The van der Waals surface area contributed by atoms with Crippen molar-refractivity contribution in [1.29, 1.82) is 0 Å². The summed E-state index contributed by atoms with van der Waals surface area (Å²) in [6.45, 7) is 7.51. The zero-order valence-corrected chi connectivity index (χ0v) is 15.8. The molecule has 0 aromatic heterocycles. The molecule has 5 nitrogen and oxygen atoms in total. The van der Waals surface area contributed by atoms with Crippen LogP contribution in [0.2, 0.25) is 0 Å². The molecule has 1 N–H and O–H groups in total. The van der Waals surface area contributed by atoms with Gasteiger partial charge in [0, 0.05) is 13.0 Å². The van der Waals surface area contributed by atoms with Crippen molar-refractivity contribution in [1.82, 2.24) is 4.90 Å². The lowest BCUT2D eigenvalue weighted by molar-refractivity contribution is -0.898. The Hall–Kier alpha value is -1.75. The topological polar surface area (TPSA) is 43.2 Å². The van der Waals surface area contributed by atoms with Crippen LogP contribution in [0.15, 0.2) is 18.2 Å². The van der Waals surface area contributed by atoms with E-state index in [4.69, 9.17) is 9.47 Å². The number of fused-ring (bicyclic) bond motifs is 1. The van der Waals surface area contributed by atoms with Gasteiger partial charge in [0.25, 0.3) is 5.91 Å². The summed E-state index contributed by atoms with van der Waals surface area (Å²) in [5.74, 6) is 2.78. The monoisotopic (exact) mass is 359 g/mol. The number of quaternary nitrogens is 1. The van der Waals surface area contributed by atoms with Crippen LogP contribution in [0.4, 0.5) is 0 Å². The SMILES string of the molecule is CC1CC[NH+](CC(=O)N2CCC[C@H]2c2ccc3c(c2)OCCCO3)CC1. The van der Waals surface area contributed by atoms with Crippen molar-refractivity contribution in [3.8, 4) is 11.5 Å². The van der Waals surface area contributed by atoms with E-state index in [1.165, 1.54) is 23.3 Å². The Morgan fingerprint density at radius 1 is 1.12 bits per heavy atom. The molecule has 142 valence electrons. The number of carbonyl (C=O) groups excluding carboxylic acids is 1. The van der Waals surface area contributed by atoms with Crippen LogP contribution in [-0.4, -0.2) is 50.2 Å². The Morgan fingerprint density at radius 3 is 2.69 bits per heavy atom. The maximum Gasteiger partial charge on any atom is 0.278 e. The van der Waals surface area contributed by atoms with Crippen LogP contribution < -0.4 is 14.4 Å². The molecule has 3 aliphatic rings. The van der Waals surface area contributed by atoms with Gasteiger partial charge >= 0.3 is 0 Å². The van der Waals surface area contributed by atoms with Gasteiger partial charge in [0.05, 0.1) is 32.3 Å². The van der Waals surface area contributed by atoms with E-state index in [1.807, 2.05) is 6.07 Å². The van der Waals surface area contributed by atoms with Crippen LogP contribution in [-0.2, 0) is 4.79 Å². The van der Waals surface area contributed by atoms with E-state index in [9.17, 15) is 4.79 Å². The molecule has 0 radical (unpaired) electrons. The highest BCUT2D eigenvalue weighted by molar-refractivity contribution is 5.78. The first-order valence-electron chi connectivity index (χ1n) is 10.2. The first kappa shape index (κ1) is 17.7. The Kier molecular flexibility index (Phi) is 5.34. The Balaban J connectivity index is 1.44. The fourth-order valence-electron chi connectivity index (χ4n) is 4.46. The Bertz CT molecular complexity index is 640. The molecule has 1 atom stereocenters. The van der Waals surface area contributed by atoms with Gasteiger partial charge in [-0.15, -0.1) is 0 Å². The molecule has 26 heavy (non-hydrogen) atoms. The van der Waals surface area contributed by atoms with E-state index < -0.39 is 0 Å². The number of ether oxygens (including phenoxy) is 2. The second kappa shape index (κ2) is 7.87. The average molecular weight is 359 g/mol. The zero-order chi connectivity index (χ0) is 17.9. The van der Waals surface area contributed by atoms with E-state index in [-0.39, 0.29) is 6.04 Å². The van der Waals surface area contributed by atoms with Crippen LogP contribution in [0.25, 0.3) is 0 Å². The maximum absolute atomic E-state index is 13.0. The van der Waals surface area contributed by atoms with Crippen molar-refractivity contribution >= 4 is 5.91 Å². The second-order valence-electron chi connectivity index (χ2n) is 8.11. The van der Waals surface area contributed by atoms with Crippen LogP contribution >= 0.6 is 0 Å². The molecule has 2 fully saturated rings. The van der Waals surface area contributed by atoms with Crippen LogP contribution in [0.3, 0.4) is 0 Å². The predicted octanol–water partition coefficient (Wildman–Crippen LogP) is 1.83. The van der Waals surface area contributed by atoms with Crippen LogP contribution in [0.5, 0.6) is 11.5 Å². The molecule has 3 aliphatic heterocycles. The lowest BCUT2D eigenvalue weighted by atomic mass is 9.99. The number of benzene rings is 1. The predicted molar refractivity (Wildman–Crippen MR) is 99.7 cm³/mol. The standard InChI is InChI=1S/C21H30N2O3/c1-16-7-10-22(11-8-16)15-21(24)23-9-2-4-18(23)17-5-6-19-20(14-17)26-13-3-12-25-19/h5-6,14,16,18H,2-4,7-13,15H2,1H3/p+1/t18-/m0/s1. The van der Waals surface area contributed by atoms with Crippen molar-refractivity contribution in [3.05, 3.63) is 23.8 Å². The zero-order valence-electron chi connectivity index (χ0n) is 15.8. The molecule has 0 saturated carbocycles. The summed E-state index contributed by atoms with van der Waals surface area (Å²) in [5, 5.41) is 0. The molecule has 1 amide bonds. The number of likely N-dealkylation sites (tertiary alicyclic amines) is 2. The van der Waals surface area contributed by atoms with Gasteiger partial charge in [-0.1, -0.05) is 13.0 Å². The van der Waals surface area contributed by atoms with Crippen LogP contribution in [0, 0.1) is 5.92 Å². The molecule has 0 unspecified atom stereocenters. The summed E-state index contributed by atoms with van der Waals surface area (Å²) >= 11 is 0. The van der Waals surface area contributed by atoms with Gasteiger partial charge < -0.3 is 19.3 Å². The minimum atomic E-state index is 0.183. The minimum absolute atomic E-state index is 0.183. The number of carbonyl (C=O) groups is 1. The van der Waals surface area contributed by atoms with Crippen molar-refractivity contribution in [2.45, 2.75) is 45.1 Å². The summed E-state index contributed by atoms with van der Waals surface area (Å²) < 4.78 is 11.6. The number of hydrogen-bond donors (Lipinski definition) is 1. The quantitative estimate of drug-likeness (QED) is 0.895. The fraction of sp³-hybridized carbons (Fsp3) is 0.667. The first-order chi connectivity index (χ1) is 12.7. The van der Waals surface area contributed by atoms with Gasteiger partial charge in [-0.05, 0) is 49.3 Å². The van der Waals surface area contributed by atoms with Crippen molar-refractivity contribution in [2.24, 2.45) is 5.92 Å². The molecular formula is C21H31N2O3+. The molecular weight excluding hydrogens is 328 g/mol. The van der Waals surface area contributed by atoms with Gasteiger partial charge in [0.2, 0.25) is 0 Å². The Morgan fingerprint density at radius 2 is 1.88 bits per heavy atom. The molecule has 1 aromatic rings. The van der Waals surface area contributed by atoms with Gasteiger partial charge in [0.15, 0.2) is 18.0 Å². The number of nitrogens with one attached hydrogen (secondary N) is 1. The average Bonchev–Trinajstić information content (AvgIpc) is 3.02. The van der Waals surface area contributed by atoms with E-state index in [2.05, 4.69) is 24.0 Å². The fourth-order valence-corrected chi connectivity index (χ4v) is 4.46. The highest BCUT2D eigenvalue weighted by Gasteiger charge is 2.33. The smallest absolute Gasteiger partial charge is 0.278 e. The number of piperidine rings is 1. The van der Waals surface area contributed by atoms with Gasteiger partial charge in [-0.25, -0.2) is 0 Å². The second-order valence-corrected chi connectivity index (χ2v) is 8.11. The summed E-state index contributed by atoms with van der Waals surface area (Å²) in [6, 6.07) is 6.39. The van der Waals surface area contributed by atoms with E-state index in [0.717, 1.165) is 56.3 Å². The third-order valence-corrected chi connectivity index (χ3v) is 6.11. The van der Waals surface area contributed by atoms with Crippen molar-refractivity contribution in [2.75, 3.05) is 39.4 Å². The summed E-state index contributed by atoms with van der Waals surface area (Å²) in [6.07, 6.45) is 5.52. The summed E-state index contributed by atoms with van der Waals surface area (Å²) in [7, 11) is 0. The van der Waals surface area contributed by atoms with Gasteiger partial charge in [-0.2, -0.15) is 0 Å². The van der Waals surface area contributed by atoms with E-state index in [0.29, 0.717) is 25.7 Å².